The molecule has 2 aromatic carbocycles. The Labute approximate surface area is 143 Å². The van der Waals surface area contributed by atoms with Crippen LogP contribution in [0.3, 0.4) is 0 Å². The van der Waals surface area contributed by atoms with E-state index in [0.717, 1.165) is 5.56 Å². The van der Waals surface area contributed by atoms with E-state index in [-0.39, 0.29) is 6.61 Å². The standard InChI is InChI=1S/C18H11ClN2O3/c19-15-6-4-13(5-7-15)17-9-16(21-24-17)11-23-18(22)14-3-1-2-12(8-14)10-20/h1-9H,11H2. The number of halogens is 1. The van der Waals surface area contributed by atoms with E-state index in [1.165, 1.54) is 6.07 Å². The maximum Gasteiger partial charge on any atom is 0.338 e. The lowest BCUT2D eigenvalue weighted by atomic mass is 10.1. The van der Waals surface area contributed by atoms with Gasteiger partial charge in [-0.05, 0) is 42.5 Å². The molecule has 1 aromatic heterocycles. The largest absolute Gasteiger partial charge is 0.455 e. The third-order valence-electron chi connectivity index (χ3n) is 3.27. The molecule has 0 saturated heterocycles. The SMILES string of the molecule is N#Cc1cccc(C(=O)OCc2cc(-c3ccc(Cl)cc3)on2)c1. The Kier molecular flexibility index (Phi) is 4.59. The highest BCUT2D eigenvalue weighted by atomic mass is 35.5. The van der Waals surface area contributed by atoms with Gasteiger partial charge in [0, 0.05) is 16.7 Å². The van der Waals surface area contributed by atoms with Crippen molar-refractivity contribution in [3.8, 4) is 17.4 Å². The number of carbonyl (C=O) groups excluding carboxylic acids is 1. The van der Waals surface area contributed by atoms with Crippen LogP contribution in [0.5, 0.6) is 0 Å². The van der Waals surface area contributed by atoms with Crippen LogP contribution >= 0.6 is 11.6 Å². The van der Waals surface area contributed by atoms with Gasteiger partial charge in [0.2, 0.25) is 0 Å². The van der Waals surface area contributed by atoms with Gasteiger partial charge in [0.05, 0.1) is 17.2 Å². The van der Waals surface area contributed by atoms with Crippen LogP contribution in [0.4, 0.5) is 0 Å². The lowest BCUT2D eigenvalue weighted by molar-refractivity contribution is 0.0464. The maximum absolute atomic E-state index is 12.0. The Hall–Kier alpha value is -3.10. The fourth-order valence-corrected chi connectivity index (χ4v) is 2.19. The molecule has 0 aliphatic heterocycles. The van der Waals surface area contributed by atoms with Crippen molar-refractivity contribution in [2.24, 2.45) is 0 Å². The average Bonchev–Trinajstić information content (AvgIpc) is 3.09. The highest BCUT2D eigenvalue weighted by molar-refractivity contribution is 6.30. The first-order valence-corrected chi connectivity index (χ1v) is 7.42. The van der Waals surface area contributed by atoms with Crippen LogP contribution in [0.2, 0.25) is 5.02 Å². The minimum Gasteiger partial charge on any atom is -0.455 e. The van der Waals surface area contributed by atoms with Gasteiger partial charge >= 0.3 is 5.97 Å². The molecule has 0 aliphatic rings. The van der Waals surface area contributed by atoms with Crippen molar-refractivity contribution in [3.05, 3.63) is 76.4 Å². The summed E-state index contributed by atoms with van der Waals surface area (Å²) in [5, 5.41) is 13.4. The van der Waals surface area contributed by atoms with Crippen LogP contribution in [0, 0.1) is 11.3 Å². The van der Waals surface area contributed by atoms with Gasteiger partial charge in [-0.25, -0.2) is 4.79 Å². The summed E-state index contributed by atoms with van der Waals surface area (Å²) >= 11 is 5.84. The van der Waals surface area contributed by atoms with Gasteiger partial charge in [0.25, 0.3) is 0 Å². The van der Waals surface area contributed by atoms with Gasteiger partial charge in [-0.1, -0.05) is 22.8 Å². The summed E-state index contributed by atoms with van der Waals surface area (Å²) in [6.07, 6.45) is 0. The van der Waals surface area contributed by atoms with Gasteiger partial charge in [-0.2, -0.15) is 5.26 Å². The van der Waals surface area contributed by atoms with Gasteiger partial charge in [0.15, 0.2) is 5.76 Å². The molecular formula is C18H11ClN2O3. The van der Waals surface area contributed by atoms with Gasteiger partial charge in [-0.3, -0.25) is 0 Å². The summed E-state index contributed by atoms with van der Waals surface area (Å²) < 4.78 is 10.4. The molecule has 0 fully saturated rings. The van der Waals surface area contributed by atoms with E-state index in [0.29, 0.717) is 27.6 Å². The minimum atomic E-state index is -0.525. The average molecular weight is 339 g/mol. The fraction of sp³-hybridized carbons (Fsp3) is 0.0556. The van der Waals surface area contributed by atoms with Crippen molar-refractivity contribution >= 4 is 17.6 Å². The fourth-order valence-electron chi connectivity index (χ4n) is 2.07. The normalized spacial score (nSPS) is 10.2. The summed E-state index contributed by atoms with van der Waals surface area (Å²) in [6.45, 7) is -0.0211. The van der Waals surface area contributed by atoms with E-state index in [9.17, 15) is 4.79 Å². The molecule has 5 nitrogen and oxygen atoms in total. The van der Waals surface area contributed by atoms with Crippen LogP contribution in [-0.4, -0.2) is 11.1 Å². The number of carbonyl (C=O) groups is 1. The molecule has 3 aromatic rings. The first-order chi connectivity index (χ1) is 11.7. The zero-order chi connectivity index (χ0) is 16.9. The summed E-state index contributed by atoms with van der Waals surface area (Å²) in [4.78, 5) is 12.0. The second-order valence-electron chi connectivity index (χ2n) is 4.96. The van der Waals surface area contributed by atoms with Gasteiger partial charge < -0.3 is 9.26 Å². The molecule has 0 spiro atoms. The molecule has 0 atom stereocenters. The van der Waals surface area contributed by atoms with Crippen molar-refractivity contribution in [2.45, 2.75) is 6.61 Å². The highest BCUT2D eigenvalue weighted by Gasteiger charge is 2.11. The molecular weight excluding hydrogens is 328 g/mol. The Morgan fingerprint density at radius 2 is 2.00 bits per heavy atom. The molecule has 0 N–H and O–H groups in total. The molecule has 6 heteroatoms. The van der Waals surface area contributed by atoms with Crippen molar-refractivity contribution in [1.82, 2.24) is 5.16 Å². The minimum absolute atomic E-state index is 0.0211. The predicted octanol–water partition coefficient (Wildman–Crippen LogP) is 4.22. The molecule has 1 heterocycles. The number of hydrogen-bond acceptors (Lipinski definition) is 5. The molecule has 0 bridgehead atoms. The summed E-state index contributed by atoms with van der Waals surface area (Å²) in [5.41, 5.74) is 2.03. The Morgan fingerprint density at radius 1 is 1.21 bits per heavy atom. The first kappa shape index (κ1) is 15.8. The van der Waals surface area contributed by atoms with Crippen LogP contribution in [0.15, 0.2) is 59.1 Å². The topological polar surface area (TPSA) is 76.1 Å². The highest BCUT2D eigenvalue weighted by Crippen LogP contribution is 2.22. The van der Waals surface area contributed by atoms with Gasteiger partial charge in [-0.15, -0.1) is 0 Å². The van der Waals surface area contributed by atoms with E-state index in [4.69, 9.17) is 26.1 Å². The van der Waals surface area contributed by atoms with E-state index >= 15 is 0 Å². The quantitative estimate of drug-likeness (QED) is 0.665. The summed E-state index contributed by atoms with van der Waals surface area (Å²) in [5.74, 6) is 0.0346. The van der Waals surface area contributed by atoms with E-state index in [1.54, 1.807) is 36.4 Å². The lowest BCUT2D eigenvalue weighted by Gasteiger charge is -2.02. The maximum atomic E-state index is 12.0. The monoisotopic (exact) mass is 338 g/mol. The number of aromatic nitrogens is 1. The molecule has 0 unspecified atom stereocenters. The van der Waals surface area contributed by atoms with E-state index in [2.05, 4.69) is 5.16 Å². The molecule has 0 amide bonds. The van der Waals surface area contributed by atoms with Crippen molar-refractivity contribution in [2.75, 3.05) is 0 Å². The number of nitrogens with zero attached hydrogens (tertiary/aromatic N) is 2. The van der Waals surface area contributed by atoms with Crippen LogP contribution in [-0.2, 0) is 11.3 Å². The number of hydrogen-bond donors (Lipinski definition) is 0. The Balaban J connectivity index is 1.66. The second kappa shape index (κ2) is 6.99. The molecule has 24 heavy (non-hydrogen) atoms. The van der Waals surface area contributed by atoms with Crippen LogP contribution in [0.1, 0.15) is 21.6 Å². The van der Waals surface area contributed by atoms with Crippen molar-refractivity contribution in [3.63, 3.8) is 0 Å². The first-order valence-electron chi connectivity index (χ1n) is 7.04. The zero-order valence-electron chi connectivity index (χ0n) is 12.4. The smallest absolute Gasteiger partial charge is 0.338 e. The molecule has 0 aliphatic carbocycles. The van der Waals surface area contributed by atoms with Crippen molar-refractivity contribution < 1.29 is 14.1 Å². The summed E-state index contributed by atoms with van der Waals surface area (Å²) in [6, 6.07) is 17.1. The number of nitriles is 1. The number of ether oxygens (including phenoxy) is 1. The third kappa shape index (κ3) is 3.62. The zero-order valence-corrected chi connectivity index (χ0v) is 13.2. The number of benzene rings is 2. The number of esters is 1. The molecule has 118 valence electrons. The molecule has 3 rings (SSSR count). The number of rotatable bonds is 4. The van der Waals surface area contributed by atoms with E-state index in [1.807, 2.05) is 18.2 Å². The third-order valence-corrected chi connectivity index (χ3v) is 3.52. The summed E-state index contributed by atoms with van der Waals surface area (Å²) in [7, 11) is 0. The van der Waals surface area contributed by atoms with E-state index < -0.39 is 5.97 Å². The molecule has 0 saturated carbocycles. The Morgan fingerprint density at radius 3 is 2.75 bits per heavy atom. The van der Waals surface area contributed by atoms with Gasteiger partial charge in [0.1, 0.15) is 12.3 Å². The predicted molar refractivity (Wildman–Crippen MR) is 87.2 cm³/mol. The van der Waals surface area contributed by atoms with Crippen LogP contribution in [0.25, 0.3) is 11.3 Å². The van der Waals surface area contributed by atoms with Crippen LogP contribution < -0.4 is 0 Å². The second-order valence-corrected chi connectivity index (χ2v) is 5.39. The van der Waals surface area contributed by atoms with Crippen molar-refractivity contribution in [1.29, 1.82) is 5.26 Å². The Bertz CT molecular complexity index is 911. The molecule has 0 radical (unpaired) electrons. The lowest BCUT2D eigenvalue weighted by Crippen LogP contribution is -2.05.